The van der Waals surface area contributed by atoms with Crippen molar-refractivity contribution in [2.24, 2.45) is 0 Å². The molecule has 0 aliphatic rings. The third kappa shape index (κ3) is 4.13. The molecule has 0 bridgehead atoms. The first kappa shape index (κ1) is 16.8. The molecule has 0 saturated heterocycles. The van der Waals surface area contributed by atoms with Crippen LogP contribution in [0.3, 0.4) is 0 Å². The van der Waals surface area contributed by atoms with E-state index in [0.29, 0.717) is 0 Å². The smallest absolute Gasteiger partial charge is 0.193 e. The quantitative estimate of drug-likeness (QED) is 0.405. The molecular formula is C19H15N7S. The Labute approximate surface area is 158 Å². The fraction of sp³-hybridized carbons (Fsp3) is 0. The van der Waals surface area contributed by atoms with Gasteiger partial charge < -0.3 is 0 Å². The molecule has 0 N–H and O–H groups in total. The average molecular weight is 373 g/mol. The van der Waals surface area contributed by atoms with E-state index in [4.69, 9.17) is 0 Å². The van der Waals surface area contributed by atoms with Gasteiger partial charge in [0.15, 0.2) is 4.96 Å². The van der Waals surface area contributed by atoms with E-state index in [1.54, 1.807) is 40.9 Å². The third-order valence-electron chi connectivity index (χ3n) is 3.62. The molecule has 7 nitrogen and oxygen atoms in total. The second kappa shape index (κ2) is 8.15. The van der Waals surface area contributed by atoms with Crippen LogP contribution in [0.15, 0.2) is 91.4 Å². The van der Waals surface area contributed by atoms with Crippen LogP contribution in [0.5, 0.6) is 0 Å². The number of hydrogen-bond donors (Lipinski definition) is 0. The first-order chi connectivity index (χ1) is 13.4. The van der Waals surface area contributed by atoms with Crippen molar-refractivity contribution in [3.8, 4) is 0 Å². The fourth-order valence-electron chi connectivity index (χ4n) is 2.35. The van der Waals surface area contributed by atoms with Gasteiger partial charge in [-0.05, 0) is 24.3 Å². The summed E-state index contributed by atoms with van der Waals surface area (Å²) in [5, 5.41) is 11.0. The maximum absolute atomic E-state index is 4.07. The maximum Gasteiger partial charge on any atom is 0.193 e. The zero-order chi connectivity index (χ0) is 18.3. The Bertz CT molecular complexity index is 1110. The van der Waals surface area contributed by atoms with Crippen molar-refractivity contribution in [1.82, 2.24) is 34.2 Å². The Balaban J connectivity index is 0.000000101. The van der Waals surface area contributed by atoms with E-state index in [0.717, 1.165) is 21.4 Å². The SMILES string of the molecule is c1ccc2ncncc2c1.c1cn2ccsc2n1.c1cnn2nccc2c1. The van der Waals surface area contributed by atoms with Crippen LogP contribution in [0.4, 0.5) is 0 Å². The topological polar surface area (TPSA) is 73.3 Å². The van der Waals surface area contributed by atoms with Gasteiger partial charge in [0.05, 0.1) is 17.2 Å². The van der Waals surface area contributed by atoms with Crippen LogP contribution in [0.25, 0.3) is 21.4 Å². The Kier molecular flexibility index (Phi) is 5.07. The van der Waals surface area contributed by atoms with Crippen molar-refractivity contribution in [3.05, 3.63) is 91.4 Å². The summed E-state index contributed by atoms with van der Waals surface area (Å²) in [5.74, 6) is 0. The van der Waals surface area contributed by atoms with Crippen molar-refractivity contribution in [1.29, 1.82) is 0 Å². The third-order valence-corrected chi connectivity index (χ3v) is 4.41. The Morgan fingerprint density at radius 2 is 1.74 bits per heavy atom. The highest BCUT2D eigenvalue weighted by Crippen LogP contribution is 2.07. The summed E-state index contributed by atoms with van der Waals surface area (Å²) in [6, 6.07) is 13.7. The monoisotopic (exact) mass is 373 g/mol. The minimum absolute atomic E-state index is 0.998. The zero-order valence-corrected chi connectivity index (χ0v) is 15.0. The van der Waals surface area contributed by atoms with E-state index in [1.807, 2.05) is 70.8 Å². The predicted molar refractivity (Wildman–Crippen MR) is 106 cm³/mol. The van der Waals surface area contributed by atoms with Gasteiger partial charge in [0, 0.05) is 41.8 Å². The lowest BCUT2D eigenvalue weighted by Gasteiger charge is -1.90. The summed E-state index contributed by atoms with van der Waals surface area (Å²) in [6.07, 6.45) is 12.5. The molecule has 8 heteroatoms. The van der Waals surface area contributed by atoms with Crippen molar-refractivity contribution in [2.45, 2.75) is 0 Å². The largest absolute Gasteiger partial charge is 0.298 e. The van der Waals surface area contributed by atoms with Crippen LogP contribution in [0.1, 0.15) is 0 Å². The van der Waals surface area contributed by atoms with Gasteiger partial charge in [0.1, 0.15) is 6.33 Å². The molecule has 0 radical (unpaired) electrons. The number of fused-ring (bicyclic) bond motifs is 3. The molecule has 6 aromatic rings. The maximum atomic E-state index is 4.07. The summed E-state index contributed by atoms with van der Waals surface area (Å²) >= 11 is 1.65. The molecule has 5 heterocycles. The summed E-state index contributed by atoms with van der Waals surface area (Å²) in [5.41, 5.74) is 2.02. The molecule has 0 amide bonds. The molecule has 0 unspecified atom stereocenters. The molecule has 27 heavy (non-hydrogen) atoms. The number of rotatable bonds is 0. The lowest BCUT2D eigenvalue weighted by atomic mass is 10.2. The molecule has 0 fully saturated rings. The van der Waals surface area contributed by atoms with E-state index >= 15 is 0 Å². The Hall–Kier alpha value is -3.65. The minimum atomic E-state index is 0.998. The van der Waals surface area contributed by atoms with Gasteiger partial charge in [-0.2, -0.15) is 14.8 Å². The highest BCUT2D eigenvalue weighted by molar-refractivity contribution is 7.15. The second-order valence-electron chi connectivity index (χ2n) is 5.37. The predicted octanol–water partition coefficient (Wildman–Crippen LogP) is 3.75. The van der Waals surface area contributed by atoms with Crippen molar-refractivity contribution in [3.63, 3.8) is 0 Å². The molecule has 0 aliphatic heterocycles. The molecule has 0 spiro atoms. The van der Waals surface area contributed by atoms with Crippen LogP contribution in [-0.2, 0) is 0 Å². The summed E-state index contributed by atoms with van der Waals surface area (Å²) in [4.78, 5) is 13.1. The number of imidazole rings is 1. The van der Waals surface area contributed by atoms with E-state index in [1.165, 1.54) is 0 Å². The van der Waals surface area contributed by atoms with E-state index in [9.17, 15) is 0 Å². The van der Waals surface area contributed by atoms with Gasteiger partial charge in [-0.25, -0.2) is 15.0 Å². The highest BCUT2D eigenvalue weighted by atomic mass is 32.1. The van der Waals surface area contributed by atoms with Gasteiger partial charge in [-0.15, -0.1) is 11.3 Å². The van der Waals surface area contributed by atoms with Crippen LogP contribution >= 0.6 is 11.3 Å². The molecule has 1 aromatic carbocycles. The van der Waals surface area contributed by atoms with Gasteiger partial charge in [-0.1, -0.05) is 18.2 Å². The molecule has 132 valence electrons. The van der Waals surface area contributed by atoms with Crippen molar-refractivity contribution >= 4 is 32.7 Å². The van der Waals surface area contributed by atoms with Crippen LogP contribution in [0, 0.1) is 0 Å². The summed E-state index contributed by atoms with van der Waals surface area (Å²) in [7, 11) is 0. The highest BCUT2D eigenvalue weighted by Gasteiger charge is 1.89. The lowest BCUT2D eigenvalue weighted by molar-refractivity contribution is 0.800. The van der Waals surface area contributed by atoms with E-state index in [-0.39, 0.29) is 0 Å². The van der Waals surface area contributed by atoms with Crippen molar-refractivity contribution < 1.29 is 0 Å². The summed E-state index contributed by atoms with van der Waals surface area (Å²) in [6.45, 7) is 0. The van der Waals surface area contributed by atoms with Crippen molar-refractivity contribution in [2.75, 3.05) is 0 Å². The molecule has 0 saturated carbocycles. The minimum Gasteiger partial charge on any atom is -0.298 e. The van der Waals surface area contributed by atoms with Gasteiger partial charge in [-0.3, -0.25) is 4.40 Å². The Morgan fingerprint density at radius 3 is 2.63 bits per heavy atom. The van der Waals surface area contributed by atoms with Crippen LogP contribution < -0.4 is 0 Å². The number of para-hydroxylation sites is 1. The number of thiazole rings is 1. The normalized spacial score (nSPS) is 10.2. The van der Waals surface area contributed by atoms with E-state index < -0.39 is 0 Å². The van der Waals surface area contributed by atoms with Gasteiger partial charge in [0.2, 0.25) is 0 Å². The summed E-state index contributed by atoms with van der Waals surface area (Å²) < 4.78 is 3.57. The van der Waals surface area contributed by atoms with Gasteiger partial charge in [0.25, 0.3) is 0 Å². The zero-order valence-electron chi connectivity index (χ0n) is 14.2. The van der Waals surface area contributed by atoms with E-state index in [2.05, 4.69) is 25.1 Å². The second-order valence-corrected chi connectivity index (χ2v) is 6.24. The first-order valence-corrected chi connectivity index (χ1v) is 9.04. The van der Waals surface area contributed by atoms with Gasteiger partial charge >= 0.3 is 0 Å². The number of hydrogen-bond acceptors (Lipinski definition) is 6. The molecule has 6 rings (SSSR count). The number of nitrogens with zero attached hydrogens (tertiary/aromatic N) is 7. The molecule has 0 aliphatic carbocycles. The van der Waals surface area contributed by atoms with Crippen LogP contribution in [0.2, 0.25) is 0 Å². The first-order valence-electron chi connectivity index (χ1n) is 8.16. The lowest BCUT2D eigenvalue weighted by Crippen LogP contribution is -1.89. The molecule has 0 atom stereocenters. The average Bonchev–Trinajstić information content (AvgIpc) is 3.46. The Morgan fingerprint density at radius 1 is 0.815 bits per heavy atom. The molecule has 5 aromatic heterocycles. The van der Waals surface area contributed by atoms with Crippen LogP contribution in [-0.4, -0.2) is 34.2 Å². The number of aromatic nitrogens is 7. The molecular weight excluding hydrogens is 358 g/mol. The number of benzene rings is 1. The standard InChI is InChI=1S/C8H6N2.C6H5N3.C5H4N2S/c1-2-4-8-7(3-1)5-9-6-10-8;1-2-6-3-5-8-9(6)7-4-1;1-2-7-3-4-8-5(7)6-1/h1-6H;1-5H;1-4H. The fourth-order valence-corrected chi connectivity index (χ4v) is 3.03.